The molecule has 0 spiro atoms. The van der Waals surface area contributed by atoms with Crippen LogP contribution in [0.2, 0.25) is 0 Å². The molecular formula is C11H18N2O3. The third-order valence-corrected chi connectivity index (χ3v) is 2.55. The molecule has 0 bridgehead atoms. The van der Waals surface area contributed by atoms with Gasteiger partial charge in [-0.05, 0) is 26.3 Å². The number of hydrogen-bond acceptors (Lipinski definition) is 4. The predicted octanol–water partition coefficient (Wildman–Crippen LogP) is 1.59. The number of nitrogens with one attached hydrogen (secondary N) is 1. The molecule has 5 heteroatoms. The first-order chi connectivity index (χ1) is 7.50. The van der Waals surface area contributed by atoms with Crippen molar-refractivity contribution in [2.24, 2.45) is 5.84 Å². The second kappa shape index (κ2) is 5.14. The van der Waals surface area contributed by atoms with Gasteiger partial charge in [0.25, 0.3) is 0 Å². The SMILES string of the molecule is CCC(C)(C)OCc1ccoc1C(=O)NN. The van der Waals surface area contributed by atoms with E-state index < -0.39 is 5.91 Å². The van der Waals surface area contributed by atoms with Gasteiger partial charge < -0.3 is 9.15 Å². The van der Waals surface area contributed by atoms with Crippen LogP contribution in [-0.2, 0) is 11.3 Å². The molecule has 0 saturated heterocycles. The van der Waals surface area contributed by atoms with Crippen LogP contribution < -0.4 is 11.3 Å². The molecule has 16 heavy (non-hydrogen) atoms. The Morgan fingerprint density at radius 2 is 2.31 bits per heavy atom. The molecule has 90 valence electrons. The van der Waals surface area contributed by atoms with Crippen molar-refractivity contribution in [3.63, 3.8) is 0 Å². The quantitative estimate of drug-likeness (QED) is 0.454. The highest BCUT2D eigenvalue weighted by Gasteiger charge is 2.19. The molecule has 5 nitrogen and oxygen atoms in total. The Bertz CT molecular complexity index is 358. The fourth-order valence-corrected chi connectivity index (χ4v) is 1.09. The van der Waals surface area contributed by atoms with Crippen LogP contribution in [0.5, 0.6) is 0 Å². The maximum Gasteiger partial charge on any atom is 0.301 e. The van der Waals surface area contributed by atoms with Gasteiger partial charge in [0.15, 0.2) is 5.76 Å². The first kappa shape index (κ1) is 12.7. The summed E-state index contributed by atoms with van der Waals surface area (Å²) in [6, 6.07) is 1.70. The maximum atomic E-state index is 11.3. The zero-order valence-electron chi connectivity index (χ0n) is 9.87. The molecule has 0 fully saturated rings. The Hall–Kier alpha value is -1.33. The Balaban J connectivity index is 2.68. The predicted molar refractivity (Wildman–Crippen MR) is 59.5 cm³/mol. The van der Waals surface area contributed by atoms with Crippen LogP contribution in [0.3, 0.4) is 0 Å². The molecule has 1 rings (SSSR count). The van der Waals surface area contributed by atoms with Gasteiger partial charge >= 0.3 is 5.91 Å². The van der Waals surface area contributed by atoms with Gasteiger partial charge in [0.1, 0.15) is 0 Å². The molecule has 0 aliphatic rings. The molecule has 0 aliphatic heterocycles. The summed E-state index contributed by atoms with van der Waals surface area (Å²) in [6.45, 7) is 6.37. The van der Waals surface area contributed by atoms with E-state index in [1.807, 2.05) is 26.2 Å². The first-order valence-corrected chi connectivity index (χ1v) is 5.21. The highest BCUT2D eigenvalue weighted by Crippen LogP contribution is 2.19. The van der Waals surface area contributed by atoms with E-state index in [0.717, 1.165) is 6.42 Å². The van der Waals surface area contributed by atoms with Gasteiger partial charge in [0.05, 0.1) is 18.5 Å². The molecule has 0 unspecified atom stereocenters. The molecule has 0 radical (unpaired) electrons. The number of hydrazine groups is 1. The van der Waals surface area contributed by atoms with Gasteiger partial charge in [-0.15, -0.1) is 0 Å². The van der Waals surface area contributed by atoms with Crippen molar-refractivity contribution in [3.05, 3.63) is 23.7 Å². The van der Waals surface area contributed by atoms with Crippen molar-refractivity contribution in [1.29, 1.82) is 0 Å². The van der Waals surface area contributed by atoms with Gasteiger partial charge in [-0.3, -0.25) is 10.2 Å². The van der Waals surface area contributed by atoms with E-state index in [9.17, 15) is 4.79 Å². The highest BCUT2D eigenvalue weighted by molar-refractivity contribution is 5.92. The molecule has 1 amide bonds. The van der Waals surface area contributed by atoms with E-state index >= 15 is 0 Å². The average Bonchev–Trinajstić information content (AvgIpc) is 2.73. The standard InChI is InChI=1S/C11H18N2O3/c1-4-11(2,3)16-7-8-5-6-15-9(8)10(14)13-12/h5-6H,4,7,12H2,1-3H3,(H,13,14). The van der Waals surface area contributed by atoms with Gasteiger partial charge in [0.2, 0.25) is 0 Å². The zero-order valence-corrected chi connectivity index (χ0v) is 9.87. The van der Waals surface area contributed by atoms with Crippen LogP contribution >= 0.6 is 0 Å². The normalized spacial score (nSPS) is 11.5. The molecule has 3 N–H and O–H groups in total. The summed E-state index contributed by atoms with van der Waals surface area (Å²) < 4.78 is 10.7. The molecule has 1 aromatic rings. The fourth-order valence-electron chi connectivity index (χ4n) is 1.09. The zero-order chi connectivity index (χ0) is 12.2. The minimum atomic E-state index is -0.446. The molecular weight excluding hydrogens is 208 g/mol. The lowest BCUT2D eigenvalue weighted by molar-refractivity contribution is -0.0320. The molecule has 0 atom stereocenters. The van der Waals surface area contributed by atoms with Crippen molar-refractivity contribution >= 4 is 5.91 Å². The summed E-state index contributed by atoms with van der Waals surface area (Å²) in [5.74, 6) is 4.80. The van der Waals surface area contributed by atoms with E-state index in [-0.39, 0.29) is 11.4 Å². The number of hydrogen-bond donors (Lipinski definition) is 2. The third kappa shape index (κ3) is 3.08. The van der Waals surface area contributed by atoms with Crippen molar-refractivity contribution < 1.29 is 13.9 Å². The van der Waals surface area contributed by atoms with Gasteiger partial charge in [-0.2, -0.15) is 0 Å². The lowest BCUT2D eigenvalue weighted by atomic mass is 10.1. The number of nitrogen functional groups attached to an aromatic ring is 1. The maximum absolute atomic E-state index is 11.3. The summed E-state index contributed by atoms with van der Waals surface area (Å²) in [7, 11) is 0. The van der Waals surface area contributed by atoms with Gasteiger partial charge in [-0.25, -0.2) is 5.84 Å². The number of carbonyl (C=O) groups is 1. The van der Waals surface area contributed by atoms with Gasteiger partial charge in [0, 0.05) is 5.56 Å². The number of rotatable bonds is 5. The van der Waals surface area contributed by atoms with E-state index in [1.54, 1.807) is 6.07 Å². The number of ether oxygens (including phenoxy) is 1. The minimum Gasteiger partial charge on any atom is -0.459 e. The molecule has 1 aromatic heterocycles. The lowest BCUT2D eigenvalue weighted by Crippen LogP contribution is -2.30. The number of amides is 1. The Morgan fingerprint density at radius 1 is 1.62 bits per heavy atom. The summed E-state index contributed by atoms with van der Waals surface area (Å²) in [5, 5.41) is 0. The summed E-state index contributed by atoms with van der Waals surface area (Å²) in [5.41, 5.74) is 2.51. The smallest absolute Gasteiger partial charge is 0.301 e. The van der Waals surface area contributed by atoms with Crippen molar-refractivity contribution in [1.82, 2.24) is 5.43 Å². The van der Waals surface area contributed by atoms with Crippen LogP contribution in [0.15, 0.2) is 16.7 Å². The summed E-state index contributed by atoms with van der Waals surface area (Å²) in [4.78, 5) is 11.3. The molecule has 0 aromatic carbocycles. The molecule has 0 saturated carbocycles. The first-order valence-electron chi connectivity index (χ1n) is 5.21. The molecule has 0 aliphatic carbocycles. The monoisotopic (exact) mass is 226 g/mol. The van der Waals surface area contributed by atoms with Crippen molar-refractivity contribution in [2.45, 2.75) is 39.4 Å². The second-order valence-corrected chi connectivity index (χ2v) is 4.15. The number of carbonyl (C=O) groups excluding carboxylic acids is 1. The van der Waals surface area contributed by atoms with Crippen molar-refractivity contribution in [3.8, 4) is 0 Å². The molecule has 1 heterocycles. The van der Waals surface area contributed by atoms with E-state index in [4.69, 9.17) is 15.0 Å². The Morgan fingerprint density at radius 3 is 2.88 bits per heavy atom. The van der Waals surface area contributed by atoms with Crippen molar-refractivity contribution in [2.75, 3.05) is 0 Å². The van der Waals surface area contributed by atoms with E-state index in [0.29, 0.717) is 12.2 Å². The lowest BCUT2D eigenvalue weighted by Gasteiger charge is -2.23. The largest absolute Gasteiger partial charge is 0.459 e. The second-order valence-electron chi connectivity index (χ2n) is 4.15. The Labute approximate surface area is 94.9 Å². The highest BCUT2D eigenvalue weighted by atomic mass is 16.5. The third-order valence-electron chi connectivity index (χ3n) is 2.55. The average molecular weight is 226 g/mol. The van der Waals surface area contributed by atoms with E-state index in [2.05, 4.69) is 0 Å². The van der Waals surface area contributed by atoms with E-state index in [1.165, 1.54) is 6.26 Å². The van der Waals surface area contributed by atoms with Crippen LogP contribution in [0.1, 0.15) is 43.3 Å². The van der Waals surface area contributed by atoms with Crippen LogP contribution in [0, 0.1) is 0 Å². The minimum absolute atomic E-state index is 0.203. The topological polar surface area (TPSA) is 77.5 Å². The number of nitrogens with two attached hydrogens (primary N) is 1. The van der Waals surface area contributed by atoms with Crippen LogP contribution in [-0.4, -0.2) is 11.5 Å². The Kier molecular flexibility index (Phi) is 4.09. The van der Waals surface area contributed by atoms with Gasteiger partial charge in [-0.1, -0.05) is 6.92 Å². The van der Waals surface area contributed by atoms with Crippen LogP contribution in [0.4, 0.5) is 0 Å². The summed E-state index contributed by atoms with van der Waals surface area (Å²) >= 11 is 0. The summed E-state index contributed by atoms with van der Waals surface area (Å²) in [6.07, 6.45) is 2.34. The number of furan rings is 1. The fraction of sp³-hybridized carbons (Fsp3) is 0.545. The van der Waals surface area contributed by atoms with Crippen LogP contribution in [0.25, 0.3) is 0 Å².